The first-order valence-corrected chi connectivity index (χ1v) is 10.8. The Kier molecular flexibility index (Phi) is 4.22. The van der Waals surface area contributed by atoms with E-state index in [0.717, 1.165) is 11.1 Å². The molecule has 0 spiro atoms. The molecule has 7 heteroatoms. The van der Waals surface area contributed by atoms with E-state index in [4.69, 9.17) is 0 Å². The molecule has 29 heavy (non-hydrogen) atoms. The van der Waals surface area contributed by atoms with Crippen LogP contribution >= 0.6 is 0 Å². The van der Waals surface area contributed by atoms with E-state index < -0.39 is 21.9 Å². The summed E-state index contributed by atoms with van der Waals surface area (Å²) >= 11 is 0. The van der Waals surface area contributed by atoms with Crippen LogP contribution in [0.3, 0.4) is 0 Å². The summed E-state index contributed by atoms with van der Waals surface area (Å²) < 4.78 is 45.7. The van der Waals surface area contributed by atoms with Gasteiger partial charge in [-0.1, -0.05) is 36.4 Å². The van der Waals surface area contributed by atoms with Crippen molar-refractivity contribution in [2.24, 2.45) is 0 Å². The van der Waals surface area contributed by atoms with E-state index in [1.807, 2.05) is 35.0 Å². The van der Waals surface area contributed by atoms with E-state index >= 15 is 0 Å². The van der Waals surface area contributed by atoms with E-state index in [1.165, 1.54) is 10.4 Å². The zero-order valence-corrected chi connectivity index (χ0v) is 16.3. The zero-order valence-electron chi connectivity index (χ0n) is 15.4. The lowest BCUT2D eigenvalue weighted by Crippen LogP contribution is -2.42. The highest BCUT2D eigenvalue weighted by molar-refractivity contribution is 7.89. The lowest BCUT2D eigenvalue weighted by Gasteiger charge is -2.36. The fraction of sp³-hybridized carbons (Fsp3) is 0.136. The molecule has 0 N–H and O–H groups in total. The second kappa shape index (κ2) is 6.79. The summed E-state index contributed by atoms with van der Waals surface area (Å²) in [7, 11) is -3.93. The lowest BCUT2D eigenvalue weighted by atomic mass is 10.0. The number of rotatable bonds is 3. The number of hydrogen-bond acceptors (Lipinski definition) is 3. The number of benzene rings is 2. The Bertz CT molecular complexity index is 1310. The molecule has 0 unspecified atom stereocenters. The Morgan fingerprint density at radius 3 is 2.62 bits per heavy atom. The van der Waals surface area contributed by atoms with Gasteiger partial charge in [-0.15, -0.1) is 0 Å². The molecule has 1 atom stereocenters. The van der Waals surface area contributed by atoms with Crippen LogP contribution in [0.1, 0.15) is 17.3 Å². The quantitative estimate of drug-likeness (QED) is 0.516. The highest BCUT2D eigenvalue weighted by Gasteiger charge is 2.39. The third kappa shape index (κ3) is 2.85. The fourth-order valence-electron chi connectivity index (χ4n) is 4.04. The van der Waals surface area contributed by atoms with Gasteiger partial charge in [-0.3, -0.25) is 4.98 Å². The first-order chi connectivity index (χ1) is 14.1. The normalized spacial score (nSPS) is 17.3. The van der Waals surface area contributed by atoms with Gasteiger partial charge in [0.05, 0.1) is 11.6 Å². The third-order valence-corrected chi connectivity index (χ3v) is 7.27. The van der Waals surface area contributed by atoms with Crippen LogP contribution in [-0.4, -0.2) is 28.8 Å². The zero-order chi connectivity index (χ0) is 20.0. The Balaban J connectivity index is 1.72. The molecule has 3 heterocycles. The predicted octanol–water partition coefficient (Wildman–Crippen LogP) is 3.97. The molecule has 2 aromatic heterocycles. The molecule has 0 bridgehead atoms. The van der Waals surface area contributed by atoms with Crippen LogP contribution < -0.4 is 0 Å². The molecule has 1 aliphatic heterocycles. The molecule has 0 fully saturated rings. The Hall–Kier alpha value is -3.03. The van der Waals surface area contributed by atoms with Gasteiger partial charge in [0, 0.05) is 42.1 Å². The SMILES string of the molecule is O=S(=O)(c1cccc2cccnc12)N1CCn2cccc2[C@@H]1c1ccccc1F. The van der Waals surface area contributed by atoms with Crippen molar-refractivity contribution in [1.82, 2.24) is 13.9 Å². The molecule has 0 radical (unpaired) electrons. The Morgan fingerprint density at radius 1 is 0.931 bits per heavy atom. The second-order valence-corrected chi connectivity index (χ2v) is 8.86. The maximum Gasteiger partial charge on any atom is 0.246 e. The second-order valence-electron chi connectivity index (χ2n) is 7.00. The smallest absolute Gasteiger partial charge is 0.246 e. The number of aromatic nitrogens is 2. The average molecular weight is 407 g/mol. The van der Waals surface area contributed by atoms with Crippen LogP contribution in [0.5, 0.6) is 0 Å². The molecule has 146 valence electrons. The van der Waals surface area contributed by atoms with E-state index in [9.17, 15) is 12.8 Å². The standard InChI is InChI=1S/C22H18FN3O2S/c23-18-9-2-1-8-17(18)22-19-10-5-13-25(19)14-15-26(22)29(27,28)20-11-3-6-16-7-4-12-24-21(16)20/h1-13,22H,14-15H2/t22-/m0/s1. The first kappa shape index (κ1) is 18.0. The van der Waals surface area contributed by atoms with Crippen LogP contribution in [0.15, 0.2) is 84.0 Å². The lowest BCUT2D eigenvalue weighted by molar-refractivity contribution is 0.293. The van der Waals surface area contributed by atoms with Crippen LogP contribution in [0, 0.1) is 5.82 Å². The molecule has 0 amide bonds. The number of nitrogens with zero attached hydrogens (tertiary/aromatic N) is 3. The summed E-state index contributed by atoms with van der Waals surface area (Å²) in [6, 6.07) is 18.0. The molecule has 5 nitrogen and oxygen atoms in total. The summed E-state index contributed by atoms with van der Waals surface area (Å²) in [5.74, 6) is -0.427. The Labute approximate surface area is 168 Å². The van der Waals surface area contributed by atoms with Gasteiger partial charge in [0.2, 0.25) is 10.0 Å². The Morgan fingerprint density at radius 2 is 1.76 bits per heavy atom. The van der Waals surface area contributed by atoms with Crippen molar-refractivity contribution in [1.29, 1.82) is 0 Å². The van der Waals surface area contributed by atoms with Gasteiger partial charge in [-0.05, 0) is 30.3 Å². The first-order valence-electron chi connectivity index (χ1n) is 9.32. The number of fused-ring (bicyclic) bond motifs is 2. The molecule has 4 aromatic rings. The number of pyridine rings is 1. The minimum absolute atomic E-state index is 0.136. The topological polar surface area (TPSA) is 55.2 Å². The number of halogens is 1. The number of hydrogen-bond donors (Lipinski definition) is 0. The average Bonchev–Trinajstić information content (AvgIpc) is 3.22. The van der Waals surface area contributed by atoms with Crippen molar-refractivity contribution in [2.45, 2.75) is 17.5 Å². The molecule has 1 aliphatic rings. The summed E-state index contributed by atoms with van der Waals surface area (Å²) in [4.78, 5) is 4.44. The predicted molar refractivity (Wildman–Crippen MR) is 108 cm³/mol. The third-order valence-electron chi connectivity index (χ3n) is 5.38. The highest BCUT2D eigenvalue weighted by atomic mass is 32.2. The van der Waals surface area contributed by atoms with E-state index in [-0.39, 0.29) is 11.4 Å². The van der Waals surface area contributed by atoms with Gasteiger partial charge >= 0.3 is 0 Å². The van der Waals surface area contributed by atoms with Crippen molar-refractivity contribution >= 4 is 20.9 Å². The van der Waals surface area contributed by atoms with Crippen molar-refractivity contribution in [3.05, 3.63) is 96.2 Å². The van der Waals surface area contributed by atoms with Crippen molar-refractivity contribution in [3.63, 3.8) is 0 Å². The van der Waals surface area contributed by atoms with Crippen molar-refractivity contribution < 1.29 is 12.8 Å². The van der Waals surface area contributed by atoms with E-state index in [0.29, 0.717) is 17.6 Å². The van der Waals surface area contributed by atoms with E-state index in [1.54, 1.807) is 42.6 Å². The summed E-state index contributed by atoms with van der Waals surface area (Å²) in [5, 5.41) is 0.747. The van der Waals surface area contributed by atoms with Crippen molar-refractivity contribution in [3.8, 4) is 0 Å². The molecule has 5 rings (SSSR count). The fourth-order valence-corrected chi connectivity index (χ4v) is 5.78. The van der Waals surface area contributed by atoms with Gasteiger partial charge in [0.15, 0.2) is 0 Å². The van der Waals surface area contributed by atoms with Crippen molar-refractivity contribution in [2.75, 3.05) is 6.54 Å². The van der Waals surface area contributed by atoms with Gasteiger partial charge in [-0.2, -0.15) is 4.31 Å². The van der Waals surface area contributed by atoms with Gasteiger partial charge in [-0.25, -0.2) is 12.8 Å². The van der Waals surface area contributed by atoms with Gasteiger partial charge in [0.1, 0.15) is 10.7 Å². The van der Waals surface area contributed by atoms with Crippen LogP contribution in [0.4, 0.5) is 4.39 Å². The minimum atomic E-state index is -3.93. The molecular formula is C22H18FN3O2S. The molecular weight excluding hydrogens is 389 g/mol. The largest absolute Gasteiger partial charge is 0.348 e. The maximum absolute atomic E-state index is 14.7. The molecule has 2 aromatic carbocycles. The molecule has 0 aliphatic carbocycles. The highest BCUT2D eigenvalue weighted by Crippen LogP contribution is 2.38. The summed E-state index contributed by atoms with van der Waals surface area (Å²) in [6.07, 6.45) is 3.48. The van der Waals surface area contributed by atoms with Crippen LogP contribution in [0.25, 0.3) is 10.9 Å². The maximum atomic E-state index is 14.7. The monoisotopic (exact) mass is 407 g/mol. The van der Waals surface area contributed by atoms with E-state index in [2.05, 4.69) is 4.98 Å². The molecule has 0 saturated carbocycles. The van der Waals surface area contributed by atoms with Gasteiger partial charge < -0.3 is 4.57 Å². The van der Waals surface area contributed by atoms with Crippen LogP contribution in [-0.2, 0) is 16.6 Å². The summed E-state index contributed by atoms with van der Waals surface area (Å²) in [6.45, 7) is 0.747. The number of para-hydroxylation sites is 1. The van der Waals surface area contributed by atoms with Crippen LogP contribution in [0.2, 0.25) is 0 Å². The molecule has 0 saturated heterocycles. The minimum Gasteiger partial charge on any atom is -0.348 e. The van der Waals surface area contributed by atoms with Gasteiger partial charge in [0.25, 0.3) is 0 Å². The number of sulfonamides is 1. The summed E-state index contributed by atoms with van der Waals surface area (Å²) in [5.41, 5.74) is 1.50.